The van der Waals surface area contributed by atoms with Crippen LogP contribution in [-0.2, 0) is 4.57 Å². The van der Waals surface area contributed by atoms with Crippen LogP contribution in [0.3, 0.4) is 0 Å². The fourth-order valence-electron chi connectivity index (χ4n) is 2.47. The van der Waals surface area contributed by atoms with E-state index >= 15 is 0 Å². The number of aromatic hydroxyl groups is 2. The van der Waals surface area contributed by atoms with Crippen molar-refractivity contribution in [2.24, 2.45) is 0 Å². The van der Waals surface area contributed by atoms with Gasteiger partial charge in [-0.1, -0.05) is 60.7 Å². The number of benzene rings is 3. The summed E-state index contributed by atoms with van der Waals surface area (Å²) >= 11 is 0. The Morgan fingerprint density at radius 2 is 1.18 bits per heavy atom. The summed E-state index contributed by atoms with van der Waals surface area (Å²) in [6.45, 7) is 0. The SMILES string of the molecule is O=P(c1ccccc1)(c1ccccc1)c1cc(O)ccc1O. The van der Waals surface area contributed by atoms with E-state index in [2.05, 4.69) is 0 Å². The van der Waals surface area contributed by atoms with Gasteiger partial charge in [0.25, 0.3) is 0 Å². The average molecular weight is 310 g/mol. The molecular weight excluding hydrogens is 295 g/mol. The van der Waals surface area contributed by atoms with E-state index in [9.17, 15) is 14.8 Å². The first kappa shape index (κ1) is 14.4. The van der Waals surface area contributed by atoms with Gasteiger partial charge in [0, 0.05) is 10.6 Å². The van der Waals surface area contributed by atoms with Crippen LogP contribution in [0.25, 0.3) is 0 Å². The molecule has 0 aliphatic heterocycles. The van der Waals surface area contributed by atoms with E-state index < -0.39 is 7.14 Å². The van der Waals surface area contributed by atoms with Gasteiger partial charge in [-0.3, -0.25) is 0 Å². The lowest BCUT2D eigenvalue weighted by Gasteiger charge is -2.20. The van der Waals surface area contributed by atoms with E-state index in [1.807, 2.05) is 36.4 Å². The highest BCUT2D eigenvalue weighted by Crippen LogP contribution is 2.45. The minimum absolute atomic E-state index is 0.0279. The zero-order valence-electron chi connectivity index (χ0n) is 11.8. The van der Waals surface area contributed by atoms with Gasteiger partial charge in [-0.05, 0) is 18.2 Å². The molecule has 0 unspecified atom stereocenters. The second-order valence-corrected chi connectivity index (χ2v) is 7.69. The summed E-state index contributed by atoms with van der Waals surface area (Å²) in [6, 6.07) is 22.1. The van der Waals surface area contributed by atoms with Crippen LogP contribution in [0.15, 0.2) is 78.9 Å². The Kier molecular flexibility index (Phi) is 3.74. The van der Waals surface area contributed by atoms with Crippen LogP contribution in [0.1, 0.15) is 0 Å². The molecule has 2 N–H and O–H groups in total. The lowest BCUT2D eigenvalue weighted by atomic mass is 10.3. The molecule has 0 atom stereocenters. The molecule has 110 valence electrons. The molecule has 22 heavy (non-hydrogen) atoms. The number of rotatable bonds is 3. The first-order valence-corrected chi connectivity index (χ1v) is 8.57. The first-order valence-electron chi connectivity index (χ1n) is 6.86. The normalized spacial score (nSPS) is 11.3. The standard InChI is InChI=1S/C18H15O3P/c19-14-11-12-17(20)18(13-14)22(21,15-7-3-1-4-8-15)16-9-5-2-6-10-16/h1-13,19-20H. The van der Waals surface area contributed by atoms with Gasteiger partial charge in [0.05, 0.1) is 5.30 Å². The van der Waals surface area contributed by atoms with E-state index in [-0.39, 0.29) is 16.8 Å². The van der Waals surface area contributed by atoms with Crippen molar-refractivity contribution in [1.29, 1.82) is 0 Å². The molecule has 0 fully saturated rings. The number of hydrogen-bond acceptors (Lipinski definition) is 3. The number of phenols is 2. The van der Waals surface area contributed by atoms with E-state index in [1.54, 1.807) is 24.3 Å². The summed E-state index contributed by atoms with van der Waals surface area (Å²) in [5.74, 6) is -0.117. The highest BCUT2D eigenvalue weighted by Gasteiger charge is 2.32. The maximum absolute atomic E-state index is 13.9. The smallest absolute Gasteiger partial charge is 0.174 e. The Morgan fingerprint density at radius 1 is 0.682 bits per heavy atom. The van der Waals surface area contributed by atoms with Crippen molar-refractivity contribution >= 4 is 23.1 Å². The lowest BCUT2D eigenvalue weighted by molar-refractivity contribution is 0.463. The van der Waals surface area contributed by atoms with E-state index in [0.717, 1.165) is 0 Å². The van der Waals surface area contributed by atoms with E-state index in [4.69, 9.17) is 0 Å². The van der Waals surface area contributed by atoms with Crippen molar-refractivity contribution in [3.05, 3.63) is 78.9 Å². The van der Waals surface area contributed by atoms with Gasteiger partial charge >= 0.3 is 0 Å². The van der Waals surface area contributed by atoms with Crippen molar-refractivity contribution in [3.8, 4) is 11.5 Å². The molecule has 0 aliphatic carbocycles. The van der Waals surface area contributed by atoms with Crippen molar-refractivity contribution in [2.45, 2.75) is 0 Å². The Labute approximate surface area is 128 Å². The first-order chi connectivity index (χ1) is 10.6. The maximum atomic E-state index is 13.9. The molecule has 0 spiro atoms. The summed E-state index contributed by atoms with van der Waals surface area (Å²) in [7, 11) is -3.25. The van der Waals surface area contributed by atoms with Crippen LogP contribution in [-0.4, -0.2) is 10.2 Å². The molecule has 3 aromatic rings. The Morgan fingerprint density at radius 3 is 1.68 bits per heavy atom. The topological polar surface area (TPSA) is 57.5 Å². The third-order valence-corrected chi connectivity index (χ3v) is 6.63. The molecule has 0 aliphatic rings. The van der Waals surface area contributed by atoms with Gasteiger partial charge in [-0.25, -0.2) is 0 Å². The maximum Gasteiger partial charge on any atom is 0.174 e. The molecule has 0 saturated heterocycles. The molecule has 0 aromatic heterocycles. The van der Waals surface area contributed by atoms with Gasteiger partial charge < -0.3 is 14.8 Å². The minimum atomic E-state index is -3.25. The summed E-state index contributed by atoms with van der Waals surface area (Å²) in [5, 5.41) is 21.4. The second-order valence-electron chi connectivity index (χ2n) is 4.95. The second kappa shape index (κ2) is 5.70. The highest BCUT2D eigenvalue weighted by atomic mass is 31.2. The fraction of sp³-hybridized carbons (Fsp3) is 0. The summed E-state index contributed by atoms with van der Waals surface area (Å²) < 4.78 is 13.9. The predicted molar refractivity (Wildman–Crippen MR) is 89.2 cm³/mol. The summed E-state index contributed by atoms with van der Waals surface area (Å²) in [4.78, 5) is 0. The minimum Gasteiger partial charge on any atom is -0.508 e. The van der Waals surface area contributed by atoms with Gasteiger partial charge in [0.1, 0.15) is 11.5 Å². The molecule has 0 radical (unpaired) electrons. The van der Waals surface area contributed by atoms with Crippen LogP contribution in [0.4, 0.5) is 0 Å². The largest absolute Gasteiger partial charge is 0.508 e. The Hall–Kier alpha value is -2.51. The van der Waals surface area contributed by atoms with Gasteiger partial charge in [-0.2, -0.15) is 0 Å². The zero-order chi connectivity index (χ0) is 15.6. The predicted octanol–water partition coefficient (Wildman–Crippen LogP) is 2.74. The third kappa shape index (κ3) is 2.40. The molecule has 0 saturated carbocycles. The Bertz CT molecular complexity index is 786. The van der Waals surface area contributed by atoms with Crippen LogP contribution < -0.4 is 15.9 Å². The fourth-order valence-corrected chi connectivity index (χ4v) is 5.22. The lowest BCUT2D eigenvalue weighted by Crippen LogP contribution is -2.25. The number of hydrogen-bond donors (Lipinski definition) is 2. The van der Waals surface area contributed by atoms with Crippen LogP contribution in [0.2, 0.25) is 0 Å². The number of phenolic OH excluding ortho intramolecular Hbond substituents is 2. The highest BCUT2D eigenvalue weighted by molar-refractivity contribution is 7.85. The molecule has 0 heterocycles. The van der Waals surface area contributed by atoms with Crippen LogP contribution in [0.5, 0.6) is 11.5 Å². The molecular formula is C18H15O3P. The van der Waals surface area contributed by atoms with Gasteiger partial charge in [-0.15, -0.1) is 0 Å². The van der Waals surface area contributed by atoms with Gasteiger partial charge in [0.2, 0.25) is 0 Å². The zero-order valence-corrected chi connectivity index (χ0v) is 12.6. The van der Waals surface area contributed by atoms with Crippen LogP contribution >= 0.6 is 7.14 Å². The molecule has 0 bridgehead atoms. The van der Waals surface area contributed by atoms with Crippen molar-refractivity contribution in [1.82, 2.24) is 0 Å². The molecule has 0 amide bonds. The summed E-state index contributed by atoms with van der Waals surface area (Å²) in [6.07, 6.45) is 0. The van der Waals surface area contributed by atoms with E-state index in [1.165, 1.54) is 18.2 Å². The van der Waals surface area contributed by atoms with E-state index in [0.29, 0.717) is 10.6 Å². The Balaban J connectivity index is 2.34. The molecule has 3 aromatic carbocycles. The average Bonchev–Trinajstić information content (AvgIpc) is 2.58. The van der Waals surface area contributed by atoms with Gasteiger partial charge in [0.15, 0.2) is 7.14 Å². The molecule has 3 nitrogen and oxygen atoms in total. The molecule has 4 heteroatoms. The summed E-state index contributed by atoms with van der Waals surface area (Å²) in [5.41, 5.74) is 0. The quantitative estimate of drug-likeness (QED) is 0.578. The third-order valence-electron chi connectivity index (χ3n) is 3.54. The van der Waals surface area contributed by atoms with Crippen LogP contribution in [0, 0.1) is 0 Å². The van der Waals surface area contributed by atoms with Crippen molar-refractivity contribution < 1.29 is 14.8 Å². The van der Waals surface area contributed by atoms with Crippen molar-refractivity contribution in [3.63, 3.8) is 0 Å². The monoisotopic (exact) mass is 310 g/mol. The molecule has 3 rings (SSSR count). The van der Waals surface area contributed by atoms with Crippen molar-refractivity contribution in [2.75, 3.05) is 0 Å².